The van der Waals surface area contributed by atoms with E-state index in [1.165, 1.54) is 0 Å². The number of amides is 3. The molecule has 0 bridgehead atoms. The highest BCUT2D eigenvalue weighted by Crippen LogP contribution is 2.12. The maximum atomic E-state index is 13.0. The molecular weight excluding hydrogens is 480 g/mol. The number of alkyl halides is 2. The minimum Gasteiger partial charge on any atom is -0.475 e. The number of ketones is 1. The van der Waals surface area contributed by atoms with Crippen molar-refractivity contribution in [1.82, 2.24) is 16.0 Å². The monoisotopic (exact) mass is 513 g/mol. The van der Waals surface area contributed by atoms with E-state index in [9.17, 15) is 32.8 Å². The molecule has 0 aliphatic heterocycles. The zero-order valence-corrected chi connectivity index (χ0v) is 20.6. The first-order valence-electron chi connectivity index (χ1n) is 11.5. The van der Waals surface area contributed by atoms with Crippen LogP contribution in [0.4, 0.5) is 13.6 Å². The SMILES string of the molecule is CCC(C)C(NC(=O)OCc1ccccc1)C(=O)NC(C(=O)NC(CC(F)F)C(=O)C(=O)O)C(C)C. The van der Waals surface area contributed by atoms with Crippen LogP contribution in [-0.2, 0) is 30.5 Å². The predicted octanol–water partition coefficient (Wildman–Crippen LogP) is 2.26. The van der Waals surface area contributed by atoms with Gasteiger partial charge in [0, 0.05) is 6.42 Å². The van der Waals surface area contributed by atoms with Gasteiger partial charge < -0.3 is 25.8 Å². The third-order valence-electron chi connectivity index (χ3n) is 5.49. The van der Waals surface area contributed by atoms with E-state index in [2.05, 4.69) is 10.6 Å². The average molecular weight is 514 g/mol. The molecule has 0 aliphatic rings. The number of ether oxygens (including phenoxy) is 1. The fraction of sp³-hybridized carbons (Fsp3) is 0.542. The lowest BCUT2D eigenvalue weighted by molar-refractivity contribution is -0.151. The van der Waals surface area contributed by atoms with Gasteiger partial charge in [-0.3, -0.25) is 14.4 Å². The van der Waals surface area contributed by atoms with E-state index in [0.717, 1.165) is 5.56 Å². The summed E-state index contributed by atoms with van der Waals surface area (Å²) in [5.74, 6) is -6.24. The van der Waals surface area contributed by atoms with Crippen LogP contribution >= 0.6 is 0 Å². The zero-order valence-electron chi connectivity index (χ0n) is 20.6. The number of carboxylic acids is 1. The van der Waals surface area contributed by atoms with Crippen molar-refractivity contribution < 1.29 is 42.6 Å². The lowest BCUT2D eigenvalue weighted by Gasteiger charge is -2.28. The molecule has 4 atom stereocenters. The number of rotatable bonds is 14. The lowest BCUT2D eigenvalue weighted by Crippen LogP contribution is -2.59. The van der Waals surface area contributed by atoms with Crippen molar-refractivity contribution in [2.75, 3.05) is 0 Å². The first-order valence-corrected chi connectivity index (χ1v) is 11.5. The van der Waals surface area contributed by atoms with Gasteiger partial charge in [-0.05, 0) is 17.4 Å². The number of alkyl carbamates (subject to hydrolysis) is 1. The number of halogens is 2. The second kappa shape index (κ2) is 14.7. The number of aliphatic carboxylic acids is 1. The Morgan fingerprint density at radius 2 is 1.50 bits per heavy atom. The van der Waals surface area contributed by atoms with Gasteiger partial charge in [0.15, 0.2) is 0 Å². The summed E-state index contributed by atoms with van der Waals surface area (Å²) in [6.07, 6.45) is -4.61. The Morgan fingerprint density at radius 1 is 0.917 bits per heavy atom. The van der Waals surface area contributed by atoms with E-state index < -0.39 is 66.5 Å². The second-order valence-electron chi connectivity index (χ2n) is 8.66. The third-order valence-corrected chi connectivity index (χ3v) is 5.49. The summed E-state index contributed by atoms with van der Waals surface area (Å²) in [7, 11) is 0. The van der Waals surface area contributed by atoms with Gasteiger partial charge in [0.25, 0.3) is 5.78 Å². The second-order valence-corrected chi connectivity index (χ2v) is 8.66. The fourth-order valence-corrected chi connectivity index (χ4v) is 3.19. The van der Waals surface area contributed by atoms with Gasteiger partial charge in [0.2, 0.25) is 18.2 Å². The van der Waals surface area contributed by atoms with Crippen LogP contribution in [0.1, 0.15) is 46.1 Å². The van der Waals surface area contributed by atoms with E-state index in [0.29, 0.717) is 6.42 Å². The molecule has 200 valence electrons. The molecule has 4 unspecified atom stereocenters. The normalized spacial score (nSPS) is 14.3. The number of carbonyl (C=O) groups excluding carboxylic acids is 4. The van der Waals surface area contributed by atoms with Crippen LogP contribution in [0.25, 0.3) is 0 Å². The van der Waals surface area contributed by atoms with Crippen LogP contribution in [0.2, 0.25) is 0 Å². The maximum Gasteiger partial charge on any atom is 0.408 e. The van der Waals surface area contributed by atoms with Crippen molar-refractivity contribution >= 4 is 29.7 Å². The Balaban J connectivity index is 2.94. The Hall–Kier alpha value is -3.57. The summed E-state index contributed by atoms with van der Waals surface area (Å²) >= 11 is 0. The molecule has 0 saturated heterocycles. The summed E-state index contributed by atoms with van der Waals surface area (Å²) in [4.78, 5) is 60.8. The van der Waals surface area contributed by atoms with Gasteiger partial charge in [-0.15, -0.1) is 0 Å². The van der Waals surface area contributed by atoms with Gasteiger partial charge in [0.1, 0.15) is 24.7 Å². The highest BCUT2D eigenvalue weighted by molar-refractivity contribution is 6.35. The van der Waals surface area contributed by atoms with Crippen LogP contribution in [0.15, 0.2) is 30.3 Å². The summed E-state index contributed by atoms with van der Waals surface area (Å²) in [5.41, 5.74) is 0.739. The Morgan fingerprint density at radius 3 is 2.00 bits per heavy atom. The fourth-order valence-electron chi connectivity index (χ4n) is 3.19. The maximum absolute atomic E-state index is 13.0. The number of hydrogen-bond donors (Lipinski definition) is 4. The first kappa shape index (κ1) is 30.5. The highest BCUT2D eigenvalue weighted by Gasteiger charge is 2.35. The summed E-state index contributed by atoms with van der Waals surface area (Å²) in [6.45, 7) is 6.59. The van der Waals surface area contributed by atoms with Crippen LogP contribution in [0, 0.1) is 11.8 Å². The third kappa shape index (κ3) is 9.96. The molecule has 1 aromatic carbocycles. The highest BCUT2D eigenvalue weighted by atomic mass is 19.3. The number of nitrogens with one attached hydrogen (secondary N) is 3. The topological polar surface area (TPSA) is 151 Å². The van der Waals surface area contributed by atoms with Crippen molar-refractivity contribution in [1.29, 1.82) is 0 Å². The molecule has 1 rings (SSSR count). The molecule has 4 N–H and O–H groups in total. The standard InChI is InChI=1S/C24H33F2N3O7/c1-5-14(4)19(29-24(35)36-12-15-9-7-6-8-10-15)22(32)28-18(13(2)3)21(31)27-16(11-17(25)26)20(30)23(33)34/h6-10,13-14,16-19H,5,11-12H2,1-4H3,(H,27,31)(H,28,32)(H,29,35)(H,33,34). The Labute approximate surface area is 208 Å². The van der Waals surface area contributed by atoms with E-state index in [4.69, 9.17) is 9.84 Å². The molecule has 0 aliphatic carbocycles. The first-order chi connectivity index (χ1) is 16.9. The molecule has 0 heterocycles. The number of hydrogen-bond acceptors (Lipinski definition) is 6. The number of carboxylic acid groups (broad SMARTS) is 1. The van der Waals surface area contributed by atoms with E-state index in [-0.39, 0.29) is 12.5 Å². The molecule has 10 nitrogen and oxygen atoms in total. The molecule has 0 spiro atoms. The summed E-state index contributed by atoms with van der Waals surface area (Å²) < 4.78 is 30.8. The molecule has 36 heavy (non-hydrogen) atoms. The number of benzene rings is 1. The number of Topliss-reactive ketones (excluding diaryl/α,β-unsaturated/α-hetero) is 1. The van der Waals surface area contributed by atoms with Crippen LogP contribution in [-0.4, -0.2) is 59.3 Å². The largest absolute Gasteiger partial charge is 0.475 e. The predicted molar refractivity (Wildman–Crippen MR) is 125 cm³/mol. The molecule has 0 saturated carbocycles. The van der Waals surface area contributed by atoms with Gasteiger partial charge in [-0.25, -0.2) is 18.4 Å². The van der Waals surface area contributed by atoms with Crippen molar-refractivity contribution in [2.45, 2.75) is 71.7 Å². The van der Waals surface area contributed by atoms with E-state index in [1.54, 1.807) is 58.0 Å². The average Bonchev–Trinajstić information content (AvgIpc) is 2.82. The van der Waals surface area contributed by atoms with Crippen LogP contribution < -0.4 is 16.0 Å². The number of carbonyl (C=O) groups is 5. The van der Waals surface area contributed by atoms with Gasteiger partial charge in [-0.1, -0.05) is 64.4 Å². The Kier molecular flexibility index (Phi) is 12.5. The van der Waals surface area contributed by atoms with E-state index in [1.807, 2.05) is 5.32 Å². The smallest absolute Gasteiger partial charge is 0.408 e. The Bertz CT molecular complexity index is 912. The minimum absolute atomic E-state index is 0.0261. The minimum atomic E-state index is -3.05. The van der Waals surface area contributed by atoms with Crippen molar-refractivity contribution in [3.63, 3.8) is 0 Å². The van der Waals surface area contributed by atoms with Gasteiger partial charge in [0.05, 0.1) is 0 Å². The van der Waals surface area contributed by atoms with Crippen molar-refractivity contribution in [3.05, 3.63) is 35.9 Å². The van der Waals surface area contributed by atoms with Gasteiger partial charge >= 0.3 is 12.1 Å². The molecule has 12 heteroatoms. The summed E-state index contributed by atoms with van der Waals surface area (Å²) in [6, 6.07) is 4.52. The lowest BCUT2D eigenvalue weighted by atomic mass is 9.96. The zero-order chi connectivity index (χ0) is 27.4. The van der Waals surface area contributed by atoms with Crippen LogP contribution in [0.3, 0.4) is 0 Å². The van der Waals surface area contributed by atoms with Crippen molar-refractivity contribution in [3.8, 4) is 0 Å². The molecular formula is C24H33F2N3O7. The molecule has 1 aromatic rings. The quantitative estimate of drug-likeness (QED) is 0.279. The van der Waals surface area contributed by atoms with Gasteiger partial charge in [-0.2, -0.15) is 0 Å². The van der Waals surface area contributed by atoms with E-state index >= 15 is 0 Å². The molecule has 0 radical (unpaired) electrons. The molecule has 0 fully saturated rings. The summed E-state index contributed by atoms with van der Waals surface area (Å²) in [5, 5.41) is 15.8. The molecule has 0 aromatic heterocycles. The molecule has 3 amide bonds. The van der Waals surface area contributed by atoms with Crippen molar-refractivity contribution in [2.24, 2.45) is 11.8 Å². The van der Waals surface area contributed by atoms with Crippen LogP contribution in [0.5, 0.6) is 0 Å².